The fraction of sp³-hybridized carbons (Fsp3) is 0.375. The van der Waals surface area contributed by atoms with Crippen molar-refractivity contribution in [2.24, 2.45) is 0 Å². The standard InChI is InChI=1S/C16H18O8/c1-16(2)23-14(18)9(15(19)24-16)6-8-7-10(20-3)11(17)13(22-5)12(8)21-4/h6-7,17H,1-5H3. The van der Waals surface area contributed by atoms with Gasteiger partial charge in [-0.2, -0.15) is 0 Å². The number of benzene rings is 1. The molecule has 24 heavy (non-hydrogen) atoms. The van der Waals surface area contributed by atoms with Gasteiger partial charge in [0.25, 0.3) is 5.79 Å². The lowest BCUT2D eigenvalue weighted by Gasteiger charge is -2.29. The summed E-state index contributed by atoms with van der Waals surface area (Å²) in [7, 11) is 4.04. The van der Waals surface area contributed by atoms with Crippen molar-refractivity contribution in [3.63, 3.8) is 0 Å². The van der Waals surface area contributed by atoms with Crippen LogP contribution in [0, 0.1) is 0 Å². The number of phenols is 1. The van der Waals surface area contributed by atoms with E-state index in [0.29, 0.717) is 0 Å². The fourth-order valence-corrected chi connectivity index (χ4v) is 2.22. The van der Waals surface area contributed by atoms with Crippen LogP contribution in [0.3, 0.4) is 0 Å². The highest BCUT2D eigenvalue weighted by atomic mass is 16.7. The molecule has 130 valence electrons. The van der Waals surface area contributed by atoms with Crippen molar-refractivity contribution < 1.29 is 38.4 Å². The lowest BCUT2D eigenvalue weighted by atomic mass is 10.1. The Labute approximate surface area is 138 Å². The van der Waals surface area contributed by atoms with E-state index in [-0.39, 0.29) is 34.1 Å². The minimum absolute atomic E-state index is 0.00146. The van der Waals surface area contributed by atoms with Crippen molar-refractivity contribution in [2.75, 3.05) is 21.3 Å². The molecule has 0 saturated carbocycles. The molecule has 0 aromatic heterocycles. The zero-order chi connectivity index (χ0) is 18.1. The molecule has 0 bridgehead atoms. The molecule has 1 aromatic rings. The Morgan fingerprint density at radius 2 is 1.54 bits per heavy atom. The smallest absolute Gasteiger partial charge is 0.348 e. The summed E-state index contributed by atoms with van der Waals surface area (Å²) in [5.41, 5.74) is -0.0463. The third kappa shape index (κ3) is 3.08. The van der Waals surface area contributed by atoms with Gasteiger partial charge in [-0.1, -0.05) is 0 Å². The zero-order valence-electron chi connectivity index (χ0n) is 14.0. The van der Waals surface area contributed by atoms with Crippen molar-refractivity contribution in [3.8, 4) is 23.0 Å². The van der Waals surface area contributed by atoms with E-state index in [0.717, 1.165) is 0 Å². The van der Waals surface area contributed by atoms with Crippen molar-refractivity contribution in [1.82, 2.24) is 0 Å². The molecule has 0 spiro atoms. The Morgan fingerprint density at radius 3 is 2.00 bits per heavy atom. The molecule has 0 atom stereocenters. The van der Waals surface area contributed by atoms with E-state index >= 15 is 0 Å². The van der Waals surface area contributed by atoms with Crippen molar-refractivity contribution >= 4 is 18.0 Å². The molecular formula is C16H18O8. The predicted molar refractivity (Wildman–Crippen MR) is 82.0 cm³/mol. The monoisotopic (exact) mass is 338 g/mol. The molecule has 0 radical (unpaired) electrons. The minimum Gasteiger partial charge on any atom is -0.502 e. The maximum Gasteiger partial charge on any atom is 0.348 e. The van der Waals surface area contributed by atoms with Gasteiger partial charge in [0.1, 0.15) is 5.57 Å². The van der Waals surface area contributed by atoms with Gasteiger partial charge < -0.3 is 28.8 Å². The Bertz CT molecular complexity index is 695. The third-order valence-corrected chi connectivity index (χ3v) is 3.25. The first-order valence-electron chi connectivity index (χ1n) is 6.94. The Morgan fingerprint density at radius 1 is 1.00 bits per heavy atom. The highest BCUT2D eigenvalue weighted by Crippen LogP contribution is 2.46. The van der Waals surface area contributed by atoms with E-state index in [2.05, 4.69) is 0 Å². The van der Waals surface area contributed by atoms with Gasteiger partial charge in [-0.05, 0) is 12.1 Å². The molecule has 1 fully saturated rings. The minimum atomic E-state index is -1.33. The van der Waals surface area contributed by atoms with Crippen LogP contribution in [0.2, 0.25) is 0 Å². The van der Waals surface area contributed by atoms with E-state index in [9.17, 15) is 14.7 Å². The molecule has 1 saturated heterocycles. The summed E-state index contributed by atoms with van der Waals surface area (Å²) in [5.74, 6) is -3.06. The first kappa shape index (κ1) is 17.5. The summed E-state index contributed by atoms with van der Waals surface area (Å²) < 4.78 is 25.4. The van der Waals surface area contributed by atoms with E-state index in [4.69, 9.17) is 23.7 Å². The number of carbonyl (C=O) groups is 2. The molecule has 1 heterocycles. The topological polar surface area (TPSA) is 101 Å². The third-order valence-electron chi connectivity index (χ3n) is 3.25. The van der Waals surface area contributed by atoms with E-state index < -0.39 is 17.7 Å². The number of hydrogen-bond acceptors (Lipinski definition) is 8. The molecule has 8 nitrogen and oxygen atoms in total. The van der Waals surface area contributed by atoms with Gasteiger partial charge in [0.2, 0.25) is 11.5 Å². The number of aromatic hydroxyl groups is 1. The van der Waals surface area contributed by atoms with Gasteiger partial charge >= 0.3 is 11.9 Å². The number of rotatable bonds is 4. The van der Waals surface area contributed by atoms with Crippen LogP contribution in [0.1, 0.15) is 19.4 Å². The van der Waals surface area contributed by atoms with Crippen LogP contribution in [0.25, 0.3) is 6.08 Å². The number of cyclic esters (lactones) is 2. The SMILES string of the molecule is COc1cc(C=C2C(=O)OC(C)(C)OC2=O)c(OC)c(OC)c1O. The summed E-state index contributed by atoms with van der Waals surface area (Å²) in [5, 5.41) is 10.1. The maximum absolute atomic E-state index is 12.1. The molecule has 2 rings (SSSR count). The summed E-state index contributed by atoms with van der Waals surface area (Å²) in [6.07, 6.45) is 1.23. The number of phenolic OH excluding ortho intramolecular Hbond substituents is 1. The van der Waals surface area contributed by atoms with Crippen LogP contribution in [-0.4, -0.2) is 44.2 Å². The summed E-state index contributed by atoms with van der Waals surface area (Å²) in [4.78, 5) is 24.1. The van der Waals surface area contributed by atoms with Crippen molar-refractivity contribution in [2.45, 2.75) is 19.6 Å². The average molecular weight is 338 g/mol. The normalized spacial score (nSPS) is 16.1. The quantitative estimate of drug-likeness (QED) is 0.502. The Balaban J connectivity index is 2.60. The molecule has 1 N–H and O–H groups in total. The second kappa shape index (κ2) is 6.31. The largest absolute Gasteiger partial charge is 0.502 e. The number of esters is 2. The van der Waals surface area contributed by atoms with Gasteiger partial charge in [-0.15, -0.1) is 0 Å². The lowest BCUT2D eigenvalue weighted by molar-refractivity contribution is -0.222. The first-order chi connectivity index (χ1) is 11.2. The fourth-order valence-electron chi connectivity index (χ4n) is 2.22. The van der Waals surface area contributed by atoms with Crippen LogP contribution in [0.15, 0.2) is 11.6 Å². The average Bonchev–Trinajstić information content (AvgIpc) is 2.50. The van der Waals surface area contributed by atoms with Crippen LogP contribution < -0.4 is 14.2 Å². The van der Waals surface area contributed by atoms with Crippen LogP contribution >= 0.6 is 0 Å². The molecule has 0 unspecified atom stereocenters. The number of hydrogen-bond donors (Lipinski definition) is 1. The summed E-state index contributed by atoms with van der Waals surface area (Å²) in [6, 6.07) is 1.39. The molecule has 1 aliphatic rings. The molecular weight excluding hydrogens is 320 g/mol. The van der Waals surface area contributed by atoms with Crippen molar-refractivity contribution in [1.29, 1.82) is 0 Å². The molecule has 0 aliphatic carbocycles. The summed E-state index contributed by atoms with van der Waals surface area (Å²) in [6.45, 7) is 2.90. The highest BCUT2D eigenvalue weighted by Gasteiger charge is 2.39. The number of methoxy groups -OCH3 is 3. The van der Waals surface area contributed by atoms with E-state index in [1.54, 1.807) is 0 Å². The van der Waals surface area contributed by atoms with Gasteiger partial charge in [0, 0.05) is 19.4 Å². The van der Waals surface area contributed by atoms with Gasteiger partial charge in [0.15, 0.2) is 11.5 Å². The van der Waals surface area contributed by atoms with Gasteiger partial charge in [0.05, 0.1) is 21.3 Å². The number of carbonyl (C=O) groups excluding carboxylic acids is 2. The van der Waals surface area contributed by atoms with Gasteiger partial charge in [-0.3, -0.25) is 0 Å². The first-order valence-corrected chi connectivity index (χ1v) is 6.94. The van der Waals surface area contributed by atoms with E-state index in [1.165, 1.54) is 47.3 Å². The van der Waals surface area contributed by atoms with E-state index in [1.807, 2.05) is 0 Å². The maximum atomic E-state index is 12.1. The second-order valence-electron chi connectivity index (χ2n) is 5.32. The molecule has 0 amide bonds. The summed E-state index contributed by atoms with van der Waals surface area (Å²) >= 11 is 0. The second-order valence-corrected chi connectivity index (χ2v) is 5.32. The van der Waals surface area contributed by atoms with Crippen LogP contribution in [0.4, 0.5) is 0 Å². The van der Waals surface area contributed by atoms with Crippen LogP contribution in [0.5, 0.6) is 23.0 Å². The Hall–Kier alpha value is -2.90. The predicted octanol–water partition coefficient (Wildman–Crippen LogP) is 1.64. The Kier molecular flexibility index (Phi) is 4.59. The molecule has 1 aliphatic heterocycles. The van der Waals surface area contributed by atoms with Crippen molar-refractivity contribution in [3.05, 3.63) is 17.2 Å². The molecule has 8 heteroatoms. The molecule has 1 aromatic carbocycles. The van der Waals surface area contributed by atoms with Crippen LogP contribution in [-0.2, 0) is 19.1 Å². The highest BCUT2D eigenvalue weighted by molar-refractivity contribution is 6.19. The van der Waals surface area contributed by atoms with Gasteiger partial charge in [-0.25, -0.2) is 9.59 Å². The lowest BCUT2D eigenvalue weighted by Crippen LogP contribution is -2.41. The zero-order valence-corrected chi connectivity index (χ0v) is 14.0. The number of ether oxygens (including phenoxy) is 5.